The number of aromatic nitrogens is 1. The Morgan fingerprint density at radius 1 is 1.47 bits per heavy atom. The molecule has 3 nitrogen and oxygen atoms in total. The average Bonchev–Trinajstić information content (AvgIpc) is 2.71. The largest absolute Gasteiger partial charge is 0.371 e. The number of hydrogen-bond acceptors (Lipinski definition) is 4. The lowest BCUT2D eigenvalue weighted by Crippen LogP contribution is -2.26. The quantitative estimate of drug-likeness (QED) is 0.812. The van der Waals surface area contributed by atoms with Gasteiger partial charge in [-0.3, -0.25) is 0 Å². The van der Waals surface area contributed by atoms with Gasteiger partial charge >= 0.3 is 0 Å². The lowest BCUT2D eigenvalue weighted by Gasteiger charge is -2.27. The van der Waals surface area contributed by atoms with E-state index in [1.54, 1.807) is 18.4 Å². The highest BCUT2D eigenvalue weighted by molar-refractivity contribution is 7.09. The van der Waals surface area contributed by atoms with Gasteiger partial charge in [0.2, 0.25) is 0 Å². The second-order valence-corrected chi connectivity index (χ2v) is 4.44. The maximum absolute atomic E-state index is 5.64. The summed E-state index contributed by atoms with van der Waals surface area (Å²) in [7, 11) is 3.70. The molecule has 0 bridgehead atoms. The van der Waals surface area contributed by atoms with Gasteiger partial charge in [-0.05, 0) is 19.9 Å². The second-order valence-electron chi connectivity index (χ2n) is 3.58. The summed E-state index contributed by atoms with van der Waals surface area (Å²) in [6, 6.07) is 0. The van der Waals surface area contributed by atoms with Crippen LogP contribution in [0.1, 0.15) is 37.4 Å². The highest BCUT2D eigenvalue weighted by atomic mass is 32.1. The summed E-state index contributed by atoms with van der Waals surface area (Å²) in [6.45, 7) is 5.11. The summed E-state index contributed by atoms with van der Waals surface area (Å²) in [4.78, 5) is 4.62. The fourth-order valence-corrected chi connectivity index (χ4v) is 2.85. The highest BCUT2D eigenvalue weighted by Gasteiger charge is 2.31. The van der Waals surface area contributed by atoms with Crippen molar-refractivity contribution in [3.05, 3.63) is 16.1 Å². The Morgan fingerprint density at radius 2 is 2.13 bits per heavy atom. The van der Waals surface area contributed by atoms with E-state index in [0.29, 0.717) is 0 Å². The van der Waals surface area contributed by atoms with Crippen molar-refractivity contribution in [2.75, 3.05) is 14.2 Å². The van der Waals surface area contributed by atoms with Gasteiger partial charge in [-0.15, -0.1) is 11.3 Å². The van der Waals surface area contributed by atoms with E-state index >= 15 is 0 Å². The number of methoxy groups -OCH3 is 1. The van der Waals surface area contributed by atoms with Crippen molar-refractivity contribution >= 4 is 11.3 Å². The fourth-order valence-electron chi connectivity index (χ4n) is 1.71. The summed E-state index contributed by atoms with van der Waals surface area (Å²) in [5.74, 6) is 0. The van der Waals surface area contributed by atoms with Crippen molar-refractivity contribution in [2.45, 2.75) is 38.8 Å². The van der Waals surface area contributed by atoms with E-state index in [9.17, 15) is 0 Å². The van der Waals surface area contributed by atoms with Crippen molar-refractivity contribution in [3.8, 4) is 0 Å². The van der Waals surface area contributed by atoms with Gasteiger partial charge in [0.15, 0.2) is 0 Å². The van der Waals surface area contributed by atoms with Crippen LogP contribution >= 0.6 is 11.3 Å². The maximum atomic E-state index is 5.64. The predicted molar refractivity (Wildman–Crippen MR) is 64.1 cm³/mol. The lowest BCUT2D eigenvalue weighted by atomic mass is 9.98. The molecular formula is C11H20N2OS. The third-order valence-electron chi connectivity index (χ3n) is 2.83. The van der Waals surface area contributed by atoms with Gasteiger partial charge in [0.25, 0.3) is 0 Å². The normalized spacial score (nSPS) is 12.0. The number of nitrogens with zero attached hydrogens (tertiary/aromatic N) is 1. The minimum atomic E-state index is -0.184. The summed E-state index contributed by atoms with van der Waals surface area (Å²) in [6.07, 6.45) is 1.93. The summed E-state index contributed by atoms with van der Waals surface area (Å²) >= 11 is 1.69. The van der Waals surface area contributed by atoms with Gasteiger partial charge in [0.05, 0.1) is 5.69 Å². The second kappa shape index (κ2) is 5.58. The van der Waals surface area contributed by atoms with E-state index < -0.39 is 0 Å². The Morgan fingerprint density at radius 3 is 2.60 bits per heavy atom. The topological polar surface area (TPSA) is 34.1 Å². The van der Waals surface area contributed by atoms with Gasteiger partial charge in [-0.25, -0.2) is 4.98 Å². The maximum Gasteiger partial charge on any atom is 0.125 e. The minimum absolute atomic E-state index is 0.184. The Hall–Kier alpha value is -0.450. The van der Waals surface area contributed by atoms with E-state index in [4.69, 9.17) is 4.74 Å². The molecule has 0 aromatic carbocycles. The van der Waals surface area contributed by atoms with Crippen molar-refractivity contribution in [1.29, 1.82) is 0 Å². The molecule has 86 valence electrons. The first-order chi connectivity index (χ1) is 7.22. The molecule has 0 aliphatic rings. The molecule has 1 N–H and O–H groups in total. The lowest BCUT2D eigenvalue weighted by molar-refractivity contribution is -0.0219. The molecule has 0 radical (unpaired) electrons. The van der Waals surface area contributed by atoms with Crippen LogP contribution in [-0.4, -0.2) is 19.1 Å². The number of hydrogen-bond donors (Lipinski definition) is 1. The van der Waals surface area contributed by atoms with Crippen molar-refractivity contribution in [1.82, 2.24) is 10.3 Å². The average molecular weight is 228 g/mol. The van der Waals surface area contributed by atoms with Crippen LogP contribution in [0.2, 0.25) is 0 Å². The first kappa shape index (κ1) is 12.6. The zero-order valence-electron chi connectivity index (χ0n) is 9.96. The molecule has 1 rings (SSSR count). The Kier molecular flexibility index (Phi) is 4.70. The van der Waals surface area contributed by atoms with Gasteiger partial charge in [0.1, 0.15) is 10.6 Å². The van der Waals surface area contributed by atoms with Crippen molar-refractivity contribution < 1.29 is 4.74 Å². The molecule has 0 fully saturated rings. The molecule has 0 aliphatic carbocycles. The Bertz CT molecular complexity index is 286. The van der Waals surface area contributed by atoms with Crippen LogP contribution in [0, 0.1) is 0 Å². The fraction of sp³-hybridized carbons (Fsp3) is 0.727. The molecule has 15 heavy (non-hydrogen) atoms. The number of thiazole rings is 1. The molecule has 0 spiro atoms. The molecule has 1 aromatic rings. The van der Waals surface area contributed by atoms with Gasteiger partial charge in [-0.1, -0.05) is 13.8 Å². The van der Waals surface area contributed by atoms with E-state index in [-0.39, 0.29) is 5.60 Å². The third-order valence-corrected chi connectivity index (χ3v) is 3.91. The Labute approximate surface area is 95.9 Å². The molecule has 1 aromatic heterocycles. The molecule has 0 amide bonds. The predicted octanol–water partition coefficient (Wildman–Crippen LogP) is 2.52. The summed E-state index contributed by atoms with van der Waals surface area (Å²) < 4.78 is 5.64. The van der Waals surface area contributed by atoms with Gasteiger partial charge in [0, 0.05) is 19.0 Å². The molecule has 0 saturated carbocycles. The van der Waals surface area contributed by atoms with Crippen LogP contribution in [0.5, 0.6) is 0 Å². The number of ether oxygens (including phenoxy) is 1. The first-order valence-corrected chi connectivity index (χ1v) is 6.25. The monoisotopic (exact) mass is 228 g/mol. The summed E-state index contributed by atoms with van der Waals surface area (Å²) in [5.41, 5.74) is 0.914. The van der Waals surface area contributed by atoms with Crippen molar-refractivity contribution in [2.24, 2.45) is 0 Å². The van der Waals surface area contributed by atoms with E-state index in [1.165, 1.54) is 0 Å². The molecule has 4 heteroatoms. The summed E-state index contributed by atoms with van der Waals surface area (Å²) in [5, 5.41) is 6.31. The highest BCUT2D eigenvalue weighted by Crippen LogP contribution is 2.34. The molecule has 0 aliphatic heterocycles. The molecule has 0 saturated heterocycles. The SMILES string of the molecule is CCC(CC)(OC)c1nc(CNC)cs1. The minimum Gasteiger partial charge on any atom is -0.371 e. The number of nitrogens with one attached hydrogen (secondary N) is 1. The molecule has 0 unspecified atom stereocenters. The van der Waals surface area contributed by atoms with Gasteiger partial charge in [-0.2, -0.15) is 0 Å². The van der Waals surface area contributed by atoms with Crippen LogP contribution < -0.4 is 5.32 Å². The smallest absolute Gasteiger partial charge is 0.125 e. The van der Waals surface area contributed by atoms with E-state index in [0.717, 1.165) is 30.1 Å². The van der Waals surface area contributed by atoms with Crippen LogP contribution in [0.25, 0.3) is 0 Å². The zero-order valence-corrected chi connectivity index (χ0v) is 10.8. The third kappa shape index (κ3) is 2.56. The van der Waals surface area contributed by atoms with Crippen LogP contribution in [0.4, 0.5) is 0 Å². The zero-order chi connectivity index (χ0) is 11.3. The number of rotatable bonds is 6. The van der Waals surface area contributed by atoms with E-state index in [1.807, 2.05) is 7.05 Å². The van der Waals surface area contributed by atoms with Gasteiger partial charge < -0.3 is 10.1 Å². The molecular weight excluding hydrogens is 208 g/mol. The van der Waals surface area contributed by atoms with Crippen LogP contribution in [0.3, 0.4) is 0 Å². The Balaban J connectivity index is 2.91. The van der Waals surface area contributed by atoms with Crippen LogP contribution in [0.15, 0.2) is 5.38 Å². The molecule has 1 heterocycles. The first-order valence-electron chi connectivity index (χ1n) is 5.37. The standard InChI is InChI=1S/C11H20N2OS/c1-5-11(6-2,14-4)10-13-9(7-12-3)8-15-10/h8,12H,5-7H2,1-4H3. The van der Waals surface area contributed by atoms with Crippen molar-refractivity contribution in [3.63, 3.8) is 0 Å². The molecule has 0 atom stereocenters. The van der Waals surface area contributed by atoms with E-state index in [2.05, 4.69) is 29.5 Å². The van der Waals surface area contributed by atoms with Crippen LogP contribution in [-0.2, 0) is 16.9 Å².